The molecule has 1 saturated heterocycles. The molecule has 3 rings (SSSR count). The normalized spacial score (nSPS) is 26.4. The van der Waals surface area contributed by atoms with Gasteiger partial charge in [0.2, 0.25) is 0 Å². The molecular weight excluding hydrogens is 236 g/mol. The molecule has 0 aliphatic carbocycles. The van der Waals surface area contributed by atoms with Crippen molar-refractivity contribution in [2.75, 3.05) is 26.7 Å². The van der Waals surface area contributed by atoms with Gasteiger partial charge in [0.15, 0.2) is 0 Å². The fourth-order valence-corrected chi connectivity index (χ4v) is 3.41. The van der Waals surface area contributed by atoms with Crippen molar-refractivity contribution in [3.05, 3.63) is 29.3 Å². The molecule has 0 radical (unpaired) electrons. The van der Waals surface area contributed by atoms with E-state index in [1.165, 1.54) is 30.5 Å². The smallest absolute Gasteiger partial charge is 0.123 e. The number of hydrogen-bond acceptors (Lipinski definition) is 3. The molecule has 19 heavy (non-hydrogen) atoms. The summed E-state index contributed by atoms with van der Waals surface area (Å²) in [5.41, 5.74) is 2.71. The van der Waals surface area contributed by atoms with E-state index in [4.69, 9.17) is 4.74 Å². The Kier molecular flexibility index (Phi) is 3.76. The summed E-state index contributed by atoms with van der Waals surface area (Å²) < 4.78 is 6.09. The minimum absolute atomic E-state index is 0.342. The average Bonchev–Trinajstić information content (AvgIpc) is 2.97. The number of ether oxygens (including phenoxy) is 1. The van der Waals surface area contributed by atoms with E-state index in [-0.39, 0.29) is 0 Å². The number of likely N-dealkylation sites (tertiary alicyclic amines) is 1. The van der Waals surface area contributed by atoms with Crippen LogP contribution in [0.15, 0.2) is 18.2 Å². The van der Waals surface area contributed by atoms with E-state index in [9.17, 15) is 0 Å². The summed E-state index contributed by atoms with van der Waals surface area (Å²) in [6.07, 6.45) is 4.05. The summed E-state index contributed by atoms with van der Waals surface area (Å²) in [4.78, 5) is 2.60. The van der Waals surface area contributed by atoms with Crippen molar-refractivity contribution in [3.63, 3.8) is 0 Å². The molecule has 0 amide bonds. The summed E-state index contributed by atoms with van der Waals surface area (Å²) >= 11 is 0. The molecule has 2 aliphatic heterocycles. The van der Waals surface area contributed by atoms with Crippen molar-refractivity contribution >= 4 is 0 Å². The van der Waals surface area contributed by atoms with Crippen molar-refractivity contribution < 1.29 is 4.74 Å². The molecule has 1 fully saturated rings. The van der Waals surface area contributed by atoms with Gasteiger partial charge < -0.3 is 10.1 Å². The Morgan fingerprint density at radius 2 is 2.32 bits per heavy atom. The van der Waals surface area contributed by atoms with Gasteiger partial charge >= 0.3 is 0 Å². The van der Waals surface area contributed by atoms with Gasteiger partial charge in [-0.25, -0.2) is 0 Å². The van der Waals surface area contributed by atoms with E-state index in [2.05, 4.69) is 35.3 Å². The number of likely N-dealkylation sites (N-methyl/N-ethyl adjacent to an activating group) is 1. The van der Waals surface area contributed by atoms with Crippen molar-refractivity contribution in [1.29, 1.82) is 0 Å². The van der Waals surface area contributed by atoms with E-state index in [1.54, 1.807) is 0 Å². The molecule has 1 N–H and O–H groups in total. The molecule has 2 aliphatic rings. The van der Waals surface area contributed by atoms with E-state index < -0.39 is 0 Å². The van der Waals surface area contributed by atoms with Crippen LogP contribution >= 0.6 is 0 Å². The molecule has 2 unspecified atom stereocenters. The lowest BCUT2D eigenvalue weighted by Crippen LogP contribution is -2.42. The Labute approximate surface area is 115 Å². The number of rotatable bonds is 4. The SMILES string of the molecule is CNCC1CCCN1CC1Cc2cc(C)ccc2O1. The third-order valence-corrected chi connectivity index (χ3v) is 4.33. The van der Waals surface area contributed by atoms with Crippen molar-refractivity contribution in [3.8, 4) is 5.75 Å². The standard InChI is InChI=1S/C16H24N2O/c1-12-5-6-16-13(8-12)9-15(19-16)11-18-7-3-4-14(18)10-17-2/h5-6,8,14-15,17H,3-4,7,9-11H2,1-2H3. The van der Waals surface area contributed by atoms with Gasteiger partial charge in [0.1, 0.15) is 11.9 Å². The van der Waals surface area contributed by atoms with Crippen LogP contribution < -0.4 is 10.1 Å². The zero-order chi connectivity index (χ0) is 13.2. The third kappa shape index (κ3) is 2.77. The first kappa shape index (κ1) is 12.9. The quantitative estimate of drug-likeness (QED) is 0.896. The van der Waals surface area contributed by atoms with Crippen LogP contribution in [0.25, 0.3) is 0 Å². The predicted octanol–water partition coefficient (Wildman–Crippen LogP) is 1.98. The first-order valence-electron chi connectivity index (χ1n) is 7.41. The van der Waals surface area contributed by atoms with Crippen LogP contribution in [0, 0.1) is 6.92 Å². The van der Waals surface area contributed by atoms with E-state index in [0.717, 1.165) is 25.3 Å². The number of nitrogens with one attached hydrogen (secondary N) is 1. The number of aryl methyl sites for hydroxylation is 1. The first-order chi connectivity index (χ1) is 9.26. The maximum Gasteiger partial charge on any atom is 0.123 e. The molecular formula is C16H24N2O. The van der Waals surface area contributed by atoms with E-state index in [1.807, 2.05) is 7.05 Å². The fraction of sp³-hybridized carbons (Fsp3) is 0.625. The van der Waals surface area contributed by atoms with Gasteiger partial charge in [0.25, 0.3) is 0 Å². The van der Waals surface area contributed by atoms with Crippen molar-refractivity contribution in [1.82, 2.24) is 10.2 Å². The van der Waals surface area contributed by atoms with E-state index >= 15 is 0 Å². The fourth-order valence-electron chi connectivity index (χ4n) is 3.41. The largest absolute Gasteiger partial charge is 0.488 e. The highest BCUT2D eigenvalue weighted by Crippen LogP contribution is 2.30. The molecule has 3 nitrogen and oxygen atoms in total. The molecule has 104 valence electrons. The Morgan fingerprint density at radius 3 is 3.16 bits per heavy atom. The van der Waals surface area contributed by atoms with Gasteiger partial charge in [-0.05, 0) is 45.0 Å². The highest BCUT2D eigenvalue weighted by atomic mass is 16.5. The number of fused-ring (bicyclic) bond motifs is 1. The maximum absolute atomic E-state index is 6.09. The molecule has 2 heterocycles. The lowest BCUT2D eigenvalue weighted by molar-refractivity contribution is 0.141. The molecule has 2 atom stereocenters. The van der Waals surface area contributed by atoms with Crippen LogP contribution in [0.1, 0.15) is 24.0 Å². The zero-order valence-corrected chi connectivity index (χ0v) is 12.0. The van der Waals surface area contributed by atoms with Crippen LogP contribution in [0.4, 0.5) is 0 Å². The van der Waals surface area contributed by atoms with Crippen molar-refractivity contribution in [2.24, 2.45) is 0 Å². The number of hydrogen-bond donors (Lipinski definition) is 1. The summed E-state index contributed by atoms with van der Waals surface area (Å²) in [6, 6.07) is 7.23. The molecule has 0 aromatic heterocycles. The minimum atomic E-state index is 0.342. The van der Waals surface area contributed by atoms with Gasteiger partial charge in [0.05, 0.1) is 0 Å². The second-order valence-corrected chi connectivity index (χ2v) is 5.90. The highest BCUT2D eigenvalue weighted by Gasteiger charge is 2.30. The van der Waals surface area contributed by atoms with Crippen LogP contribution in [-0.4, -0.2) is 43.7 Å². The second-order valence-electron chi connectivity index (χ2n) is 5.90. The van der Waals surface area contributed by atoms with Gasteiger partial charge in [-0.2, -0.15) is 0 Å². The first-order valence-corrected chi connectivity index (χ1v) is 7.41. The van der Waals surface area contributed by atoms with Crippen molar-refractivity contribution in [2.45, 2.75) is 38.3 Å². The average molecular weight is 260 g/mol. The third-order valence-electron chi connectivity index (χ3n) is 4.33. The molecule has 0 spiro atoms. The lowest BCUT2D eigenvalue weighted by atomic mass is 10.1. The van der Waals surface area contributed by atoms with Crippen LogP contribution in [0.3, 0.4) is 0 Å². The van der Waals surface area contributed by atoms with Gasteiger partial charge in [-0.3, -0.25) is 4.90 Å². The number of nitrogens with zero attached hydrogens (tertiary/aromatic N) is 1. The Morgan fingerprint density at radius 1 is 1.42 bits per heavy atom. The summed E-state index contributed by atoms with van der Waals surface area (Å²) in [7, 11) is 2.04. The zero-order valence-electron chi connectivity index (χ0n) is 12.0. The number of benzene rings is 1. The Hall–Kier alpha value is -1.06. The van der Waals surface area contributed by atoms with Gasteiger partial charge in [-0.1, -0.05) is 17.7 Å². The van der Waals surface area contributed by atoms with Crippen LogP contribution in [0.2, 0.25) is 0 Å². The molecule has 3 heteroatoms. The Bertz CT molecular complexity index is 446. The van der Waals surface area contributed by atoms with E-state index in [0.29, 0.717) is 12.1 Å². The van der Waals surface area contributed by atoms with Gasteiger partial charge in [0, 0.05) is 25.6 Å². The summed E-state index contributed by atoms with van der Waals surface area (Å²) in [5.74, 6) is 1.10. The molecule has 0 bridgehead atoms. The maximum atomic E-state index is 6.09. The summed E-state index contributed by atoms with van der Waals surface area (Å²) in [5, 5.41) is 3.31. The second kappa shape index (κ2) is 5.51. The Balaban J connectivity index is 1.61. The molecule has 1 aromatic carbocycles. The van der Waals surface area contributed by atoms with Crippen LogP contribution in [0.5, 0.6) is 5.75 Å². The summed E-state index contributed by atoms with van der Waals surface area (Å²) in [6.45, 7) is 5.54. The van der Waals surface area contributed by atoms with Gasteiger partial charge in [-0.15, -0.1) is 0 Å². The van der Waals surface area contributed by atoms with Crippen LogP contribution in [-0.2, 0) is 6.42 Å². The minimum Gasteiger partial charge on any atom is -0.488 e. The molecule has 1 aromatic rings. The molecule has 0 saturated carbocycles. The monoisotopic (exact) mass is 260 g/mol. The predicted molar refractivity (Wildman–Crippen MR) is 77.8 cm³/mol. The highest BCUT2D eigenvalue weighted by molar-refractivity contribution is 5.40. The topological polar surface area (TPSA) is 24.5 Å². The lowest BCUT2D eigenvalue weighted by Gasteiger charge is -2.26.